The first-order valence-corrected chi connectivity index (χ1v) is 9.05. The third-order valence-corrected chi connectivity index (χ3v) is 4.35. The first-order chi connectivity index (χ1) is 13.7. The smallest absolute Gasteiger partial charge is 0.244 e. The number of nitrogens with zero attached hydrogens (tertiary/aromatic N) is 1. The monoisotopic (exact) mass is 376 g/mol. The van der Waals surface area contributed by atoms with E-state index in [2.05, 4.69) is 17.4 Å². The predicted octanol–water partition coefficient (Wildman–Crippen LogP) is 4.35. The van der Waals surface area contributed by atoms with Crippen LogP contribution in [0.4, 0.5) is 11.4 Å². The Morgan fingerprint density at radius 1 is 0.893 bits per heavy atom. The van der Waals surface area contributed by atoms with Crippen LogP contribution in [0.15, 0.2) is 78.9 Å². The summed E-state index contributed by atoms with van der Waals surface area (Å²) in [6, 6.07) is 25.3. The zero-order valence-electron chi connectivity index (χ0n) is 16.1. The van der Waals surface area contributed by atoms with Crippen molar-refractivity contribution < 1.29 is 14.3 Å². The van der Waals surface area contributed by atoms with Gasteiger partial charge in [-0.15, -0.1) is 0 Å². The lowest BCUT2D eigenvalue weighted by Gasteiger charge is -2.24. The fourth-order valence-electron chi connectivity index (χ4n) is 2.95. The molecule has 3 aromatic carbocycles. The average Bonchev–Trinajstić information content (AvgIpc) is 2.75. The number of para-hydroxylation sites is 1. The fraction of sp³-hybridized carbons (Fsp3) is 0.174. The number of carbonyl (C=O) groups is 1. The highest BCUT2D eigenvalue weighted by Crippen LogP contribution is 2.29. The van der Waals surface area contributed by atoms with E-state index in [0.29, 0.717) is 23.7 Å². The van der Waals surface area contributed by atoms with Gasteiger partial charge in [-0.1, -0.05) is 48.5 Å². The Kier molecular flexibility index (Phi) is 6.52. The number of carbonyl (C=O) groups excluding carboxylic acids is 1. The highest BCUT2D eigenvalue weighted by Gasteiger charge is 2.14. The normalized spacial score (nSPS) is 10.2. The van der Waals surface area contributed by atoms with Crippen molar-refractivity contribution in [1.29, 1.82) is 0 Å². The number of rotatable bonds is 8. The SMILES string of the molecule is COc1ccc(NC(=O)CN(Cc2ccccc2)c2ccccc2)c(OC)c1. The molecule has 0 radical (unpaired) electrons. The summed E-state index contributed by atoms with van der Waals surface area (Å²) in [5, 5.41) is 2.94. The molecule has 28 heavy (non-hydrogen) atoms. The van der Waals surface area contributed by atoms with E-state index in [0.717, 1.165) is 11.3 Å². The molecule has 5 nitrogen and oxygen atoms in total. The molecule has 0 fully saturated rings. The maximum atomic E-state index is 12.8. The topological polar surface area (TPSA) is 50.8 Å². The standard InChI is InChI=1S/C23H24N2O3/c1-27-20-13-14-21(22(15-20)28-2)24-23(26)17-25(19-11-7-4-8-12-19)16-18-9-5-3-6-10-18/h3-15H,16-17H2,1-2H3,(H,24,26). The molecular formula is C23H24N2O3. The molecule has 5 heteroatoms. The first kappa shape index (κ1) is 19.3. The molecule has 0 saturated carbocycles. The van der Waals surface area contributed by atoms with E-state index in [1.54, 1.807) is 32.4 Å². The molecule has 3 rings (SSSR count). The molecule has 0 heterocycles. The Morgan fingerprint density at radius 2 is 1.57 bits per heavy atom. The van der Waals surface area contributed by atoms with Gasteiger partial charge in [-0.3, -0.25) is 4.79 Å². The fourth-order valence-corrected chi connectivity index (χ4v) is 2.95. The Hall–Kier alpha value is -3.47. The Balaban J connectivity index is 1.76. The van der Waals surface area contributed by atoms with Gasteiger partial charge in [0.15, 0.2) is 0 Å². The van der Waals surface area contributed by atoms with Crippen LogP contribution in [0, 0.1) is 0 Å². The number of hydrogen-bond acceptors (Lipinski definition) is 4. The second-order valence-corrected chi connectivity index (χ2v) is 6.29. The van der Waals surface area contributed by atoms with Crippen molar-refractivity contribution in [3.63, 3.8) is 0 Å². The number of methoxy groups -OCH3 is 2. The third kappa shape index (κ3) is 5.04. The minimum Gasteiger partial charge on any atom is -0.497 e. The average molecular weight is 376 g/mol. The van der Waals surface area contributed by atoms with E-state index < -0.39 is 0 Å². The number of amides is 1. The molecule has 0 saturated heterocycles. The molecular weight excluding hydrogens is 352 g/mol. The van der Waals surface area contributed by atoms with Gasteiger partial charge in [0.25, 0.3) is 0 Å². The summed E-state index contributed by atoms with van der Waals surface area (Å²) in [6.07, 6.45) is 0. The van der Waals surface area contributed by atoms with Gasteiger partial charge in [0.05, 0.1) is 26.5 Å². The van der Waals surface area contributed by atoms with Crippen LogP contribution in [-0.4, -0.2) is 26.7 Å². The van der Waals surface area contributed by atoms with E-state index in [-0.39, 0.29) is 12.5 Å². The summed E-state index contributed by atoms with van der Waals surface area (Å²) in [5.41, 5.74) is 2.74. The molecule has 0 aliphatic rings. The maximum absolute atomic E-state index is 12.8. The van der Waals surface area contributed by atoms with Gasteiger partial charge < -0.3 is 19.7 Å². The van der Waals surface area contributed by atoms with Crippen molar-refractivity contribution in [3.8, 4) is 11.5 Å². The molecule has 0 spiro atoms. The van der Waals surface area contributed by atoms with Crippen LogP contribution in [0.25, 0.3) is 0 Å². The molecule has 0 aliphatic carbocycles. The lowest BCUT2D eigenvalue weighted by atomic mass is 10.2. The van der Waals surface area contributed by atoms with Gasteiger partial charge in [-0.05, 0) is 29.8 Å². The van der Waals surface area contributed by atoms with E-state index in [1.807, 2.05) is 53.4 Å². The van der Waals surface area contributed by atoms with Crippen molar-refractivity contribution in [2.24, 2.45) is 0 Å². The first-order valence-electron chi connectivity index (χ1n) is 9.05. The highest BCUT2D eigenvalue weighted by atomic mass is 16.5. The van der Waals surface area contributed by atoms with Crippen LogP contribution in [0.5, 0.6) is 11.5 Å². The van der Waals surface area contributed by atoms with Crippen molar-refractivity contribution in [2.45, 2.75) is 6.54 Å². The summed E-state index contributed by atoms with van der Waals surface area (Å²) in [4.78, 5) is 14.8. The number of nitrogens with one attached hydrogen (secondary N) is 1. The van der Waals surface area contributed by atoms with Crippen LogP contribution in [0.3, 0.4) is 0 Å². The molecule has 0 unspecified atom stereocenters. The summed E-state index contributed by atoms with van der Waals surface area (Å²) in [5.74, 6) is 1.11. The number of hydrogen-bond donors (Lipinski definition) is 1. The van der Waals surface area contributed by atoms with Crippen LogP contribution >= 0.6 is 0 Å². The maximum Gasteiger partial charge on any atom is 0.244 e. The third-order valence-electron chi connectivity index (χ3n) is 4.35. The van der Waals surface area contributed by atoms with Crippen molar-refractivity contribution in [3.05, 3.63) is 84.4 Å². The molecule has 0 atom stereocenters. The molecule has 0 aliphatic heterocycles. The number of anilines is 2. The van der Waals surface area contributed by atoms with E-state index >= 15 is 0 Å². The summed E-state index contributed by atoms with van der Waals surface area (Å²) in [7, 11) is 3.16. The molecule has 1 N–H and O–H groups in total. The summed E-state index contributed by atoms with van der Waals surface area (Å²) < 4.78 is 10.6. The summed E-state index contributed by atoms with van der Waals surface area (Å²) >= 11 is 0. The minimum absolute atomic E-state index is 0.122. The molecule has 3 aromatic rings. The van der Waals surface area contributed by atoms with E-state index in [9.17, 15) is 4.79 Å². The van der Waals surface area contributed by atoms with Crippen molar-refractivity contribution in [1.82, 2.24) is 0 Å². The van der Waals surface area contributed by atoms with Crippen LogP contribution in [-0.2, 0) is 11.3 Å². The van der Waals surface area contributed by atoms with Crippen molar-refractivity contribution in [2.75, 3.05) is 31.0 Å². The highest BCUT2D eigenvalue weighted by molar-refractivity contribution is 5.95. The van der Waals surface area contributed by atoms with E-state index in [1.165, 1.54) is 0 Å². The van der Waals surface area contributed by atoms with Gasteiger partial charge >= 0.3 is 0 Å². The number of ether oxygens (including phenoxy) is 2. The largest absolute Gasteiger partial charge is 0.497 e. The summed E-state index contributed by atoms with van der Waals surface area (Å²) in [6.45, 7) is 0.853. The van der Waals surface area contributed by atoms with Gasteiger partial charge in [0.2, 0.25) is 5.91 Å². The second kappa shape index (κ2) is 9.46. The van der Waals surface area contributed by atoms with E-state index in [4.69, 9.17) is 9.47 Å². The Morgan fingerprint density at radius 3 is 2.21 bits per heavy atom. The van der Waals surface area contributed by atoms with Crippen molar-refractivity contribution >= 4 is 17.3 Å². The minimum atomic E-state index is -0.122. The molecule has 0 bridgehead atoms. The van der Waals surface area contributed by atoms with Crippen LogP contribution in [0.1, 0.15) is 5.56 Å². The van der Waals surface area contributed by atoms with Crippen LogP contribution < -0.4 is 19.7 Å². The van der Waals surface area contributed by atoms with Crippen LogP contribution in [0.2, 0.25) is 0 Å². The second-order valence-electron chi connectivity index (χ2n) is 6.29. The molecule has 0 aromatic heterocycles. The number of benzene rings is 3. The van der Waals surface area contributed by atoms with Gasteiger partial charge in [0.1, 0.15) is 11.5 Å². The Labute approximate surface area is 165 Å². The quantitative estimate of drug-likeness (QED) is 0.635. The molecule has 1 amide bonds. The predicted molar refractivity (Wildman–Crippen MR) is 112 cm³/mol. The lowest BCUT2D eigenvalue weighted by Crippen LogP contribution is -2.33. The van der Waals surface area contributed by atoms with Gasteiger partial charge in [-0.2, -0.15) is 0 Å². The van der Waals surface area contributed by atoms with Gasteiger partial charge in [0, 0.05) is 18.3 Å². The lowest BCUT2D eigenvalue weighted by molar-refractivity contribution is -0.115. The molecule has 144 valence electrons. The zero-order valence-corrected chi connectivity index (χ0v) is 16.1. The zero-order chi connectivity index (χ0) is 19.8. The Bertz CT molecular complexity index is 898. The van der Waals surface area contributed by atoms with Gasteiger partial charge in [-0.25, -0.2) is 0 Å².